The molecule has 0 radical (unpaired) electrons. The van der Waals surface area contributed by atoms with Crippen molar-refractivity contribution in [2.75, 3.05) is 0 Å². The summed E-state index contributed by atoms with van der Waals surface area (Å²) in [6.07, 6.45) is 1.55. The number of nitrogens with two attached hydrogens (primary N) is 2. The number of phenolic OH excluding ortho intramolecular Hbond substituents is 1. The maximum atomic E-state index is 9.59. The molecule has 1 aromatic heterocycles. The molecule has 0 atom stereocenters. The lowest BCUT2D eigenvalue weighted by atomic mass is 10.1. The number of aromatic nitrogens is 1. The van der Waals surface area contributed by atoms with Crippen molar-refractivity contribution in [2.45, 2.75) is 0 Å². The zero-order valence-corrected chi connectivity index (χ0v) is 7.88. The summed E-state index contributed by atoms with van der Waals surface area (Å²) in [5.74, 6) is 0.531. The van der Waals surface area contributed by atoms with E-state index >= 15 is 0 Å². The maximum absolute atomic E-state index is 9.59. The summed E-state index contributed by atoms with van der Waals surface area (Å²) in [6, 6.07) is 6.81. The number of benzene rings is 1. The summed E-state index contributed by atoms with van der Waals surface area (Å²) in [5, 5.41) is 11.0. The van der Waals surface area contributed by atoms with Crippen molar-refractivity contribution in [3.05, 3.63) is 30.5 Å². The minimum atomic E-state index is -0.0571. The summed E-state index contributed by atoms with van der Waals surface area (Å²) < 4.78 is 0. The lowest BCUT2D eigenvalue weighted by Gasteiger charge is -2.02. The van der Waals surface area contributed by atoms with Gasteiger partial charge >= 0.3 is 0 Å². The summed E-state index contributed by atoms with van der Waals surface area (Å²) in [7, 11) is 0. The summed E-state index contributed by atoms with van der Waals surface area (Å²) in [5.41, 5.74) is 10.6. The molecule has 0 aliphatic rings. The smallest absolute Gasteiger partial charge is 0.192 e. The Morgan fingerprint density at radius 1 is 1.20 bits per heavy atom. The molecular formula is C10H10N4O. The highest BCUT2D eigenvalue weighted by Crippen LogP contribution is 2.29. The van der Waals surface area contributed by atoms with E-state index < -0.39 is 0 Å². The number of rotatable bonds is 1. The Balaban J connectivity index is 2.77. The first-order valence-corrected chi connectivity index (χ1v) is 4.35. The molecule has 0 saturated carbocycles. The van der Waals surface area contributed by atoms with Gasteiger partial charge in [-0.1, -0.05) is 12.1 Å². The molecule has 2 rings (SSSR count). The minimum Gasteiger partial charge on any atom is -0.507 e. The first-order valence-electron chi connectivity index (χ1n) is 4.35. The van der Waals surface area contributed by atoms with Crippen LogP contribution < -0.4 is 11.5 Å². The van der Waals surface area contributed by atoms with Crippen LogP contribution in [-0.2, 0) is 0 Å². The van der Waals surface area contributed by atoms with E-state index in [0.717, 1.165) is 0 Å². The number of hydrogen-bond acceptors (Lipinski definition) is 3. The Kier molecular flexibility index (Phi) is 2.13. The number of aliphatic imine (C=N–C) groups is 1. The first-order chi connectivity index (χ1) is 7.18. The van der Waals surface area contributed by atoms with Gasteiger partial charge < -0.3 is 16.6 Å². The maximum Gasteiger partial charge on any atom is 0.192 e. The SMILES string of the molecule is NC(N)=Nc1nccc2c(O)cccc12. The normalized spacial score (nSPS) is 10.1. The van der Waals surface area contributed by atoms with Crippen molar-refractivity contribution in [1.29, 1.82) is 0 Å². The highest BCUT2D eigenvalue weighted by atomic mass is 16.3. The van der Waals surface area contributed by atoms with Crippen molar-refractivity contribution in [3.63, 3.8) is 0 Å². The van der Waals surface area contributed by atoms with E-state index in [2.05, 4.69) is 9.98 Å². The predicted molar refractivity (Wildman–Crippen MR) is 58.9 cm³/mol. The molecular weight excluding hydrogens is 192 g/mol. The van der Waals surface area contributed by atoms with Crippen molar-refractivity contribution in [1.82, 2.24) is 4.98 Å². The number of fused-ring (bicyclic) bond motifs is 1. The van der Waals surface area contributed by atoms with Crippen LogP contribution in [0.3, 0.4) is 0 Å². The molecule has 2 aromatic rings. The molecule has 5 N–H and O–H groups in total. The van der Waals surface area contributed by atoms with Crippen LogP contribution in [0.1, 0.15) is 0 Å². The fraction of sp³-hybridized carbons (Fsp3) is 0. The predicted octanol–water partition coefficient (Wildman–Crippen LogP) is 0.845. The Morgan fingerprint density at radius 3 is 2.73 bits per heavy atom. The second-order valence-corrected chi connectivity index (χ2v) is 3.04. The number of phenols is 1. The van der Waals surface area contributed by atoms with Crippen LogP contribution in [0.2, 0.25) is 0 Å². The number of hydrogen-bond donors (Lipinski definition) is 3. The average Bonchev–Trinajstić information content (AvgIpc) is 2.19. The largest absolute Gasteiger partial charge is 0.507 e. The van der Waals surface area contributed by atoms with E-state index in [-0.39, 0.29) is 11.7 Å². The third-order valence-electron chi connectivity index (χ3n) is 2.00. The molecule has 0 unspecified atom stereocenters. The summed E-state index contributed by atoms with van der Waals surface area (Å²) in [6.45, 7) is 0. The molecule has 5 heteroatoms. The molecule has 5 nitrogen and oxygen atoms in total. The second kappa shape index (κ2) is 3.45. The Bertz CT molecular complexity index is 532. The fourth-order valence-corrected chi connectivity index (χ4v) is 1.39. The summed E-state index contributed by atoms with van der Waals surface area (Å²) >= 11 is 0. The Morgan fingerprint density at radius 2 is 2.00 bits per heavy atom. The molecule has 0 fully saturated rings. The van der Waals surface area contributed by atoms with Gasteiger partial charge in [0.15, 0.2) is 11.8 Å². The van der Waals surface area contributed by atoms with Crippen LogP contribution in [0.5, 0.6) is 5.75 Å². The highest BCUT2D eigenvalue weighted by Gasteiger charge is 2.03. The van der Waals surface area contributed by atoms with E-state index in [1.54, 1.807) is 30.5 Å². The third-order valence-corrected chi connectivity index (χ3v) is 2.00. The zero-order chi connectivity index (χ0) is 10.8. The molecule has 0 aliphatic carbocycles. The first kappa shape index (κ1) is 9.26. The second-order valence-electron chi connectivity index (χ2n) is 3.04. The number of nitrogens with zero attached hydrogens (tertiary/aromatic N) is 2. The van der Waals surface area contributed by atoms with E-state index in [1.165, 1.54) is 0 Å². The summed E-state index contributed by atoms with van der Waals surface area (Å²) in [4.78, 5) is 7.91. The van der Waals surface area contributed by atoms with Gasteiger partial charge in [-0.15, -0.1) is 0 Å². The van der Waals surface area contributed by atoms with Gasteiger partial charge in [0, 0.05) is 17.0 Å². The van der Waals surface area contributed by atoms with Gasteiger partial charge in [-0.05, 0) is 12.1 Å². The van der Waals surface area contributed by atoms with Crippen molar-refractivity contribution >= 4 is 22.5 Å². The molecule has 76 valence electrons. The van der Waals surface area contributed by atoms with Gasteiger partial charge in [-0.2, -0.15) is 4.99 Å². The van der Waals surface area contributed by atoms with Crippen LogP contribution in [0.25, 0.3) is 10.8 Å². The monoisotopic (exact) mass is 202 g/mol. The van der Waals surface area contributed by atoms with Crippen LogP contribution in [0.15, 0.2) is 35.5 Å². The van der Waals surface area contributed by atoms with Gasteiger partial charge in [0.05, 0.1) is 0 Å². The van der Waals surface area contributed by atoms with Crippen molar-refractivity contribution in [2.24, 2.45) is 16.5 Å². The molecule has 1 heterocycles. The van der Waals surface area contributed by atoms with Crippen LogP contribution in [0.4, 0.5) is 5.82 Å². The van der Waals surface area contributed by atoms with Gasteiger partial charge in [-0.25, -0.2) is 4.98 Å². The van der Waals surface area contributed by atoms with Gasteiger partial charge in [-0.3, -0.25) is 0 Å². The van der Waals surface area contributed by atoms with Crippen LogP contribution in [-0.4, -0.2) is 16.1 Å². The third kappa shape index (κ3) is 1.67. The van der Waals surface area contributed by atoms with Crippen LogP contribution in [0, 0.1) is 0 Å². The highest BCUT2D eigenvalue weighted by molar-refractivity contribution is 5.96. The van der Waals surface area contributed by atoms with Gasteiger partial charge in [0.25, 0.3) is 0 Å². The van der Waals surface area contributed by atoms with E-state index in [0.29, 0.717) is 16.6 Å². The molecule has 0 amide bonds. The topological polar surface area (TPSA) is 97.5 Å². The fourth-order valence-electron chi connectivity index (χ4n) is 1.39. The number of guanidine groups is 1. The minimum absolute atomic E-state index is 0.0571. The lowest BCUT2D eigenvalue weighted by Crippen LogP contribution is -2.22. The Labute approximate surface area is 86.1 Å². The molecule has 1 aromatic carbocycles. The van der Waals surface area contributed by atoms with E-state index in [9.17, 15) is 5.11 Å². The Hall–Kier alpha value is -2.30. The van der Waals surface area contributed by atoms with Crippen LogP contribution >= 0.6 is 0 Å². The molecule has 0 saturated heterocycles. The molecule has 0 bridgehead atoms. The molecule has 15 heavy (non-hydrogen) atoms. The van der Waals surface area contributed by atoms with Gasteiger partial charge in [0.1, 0.15) is 5.75 Å². The lowest BCUT2D eigenvalue weighted by molar-refractivity contribution is 0.481. The standard InChI is InChI=1S/C10H10N4O/c11-10(12)14-9-7-2-1-3-8(15)6(7)4-5-13-9/h1-5,15H,(H4,11,12,13,14). The zero-order valence-electron chi connectivity index (χ0n) is 7.88. The molecule has 0 aliphatic heterocycles. The number of aromatic hydroxyl groups is 1. The average molecular weight is 202 g/mol. The van der Waals surface area contributed by atoms with Gasteiger partial charge in [0.2, 0.25) is 0 Å². The number of pyridine rings is 1. The molecule has 0 spiro atoms. The van der Waals surface area contributed by atoms with E-state index in [1.807, 2.05) is 0 Å². The van der Waals surface area contributed by atoms with Crippen molar-refractivity contribution in [3.8, 4) is 5.75 Å². The van der Waals surface area contributed by atoms with E-state index in [4.69, 9.17) is 11.5 Å². The quantitative estimate of drug-likeness (QED) is 0.471. The van der Waals surface area contributed by atoms with Crippen molar-refractivity contribution < 1.29 is 5.11 Å².